The highest BCUT2D eigenvalue weighted by Crippen LogP contribution is 2.48. The zero-order valence-corrected chi connectivity index (χ0v) is 33.4. The molecule has 2 aliphatic carbocycles. The van der Waals surface area contributed by atoms with Crippen LogP contribution in [0.3, 0.4) is 0 Å². The van der Waals surface area contributed by atoms with E-state index in [0.29, 0.717) is 55.1 Å². The van der Waals surface area contributed by atoms with Crippen molar-refractivity contribution in [1.82, 2.24) is 0 Å². The van der Waals surface area contributed by atoms with E-state index in [1.807, 2.05) is 19.1 Å². The van der Waals surface area contributed by atoms with Crippen LogP contribution in [0.2, 0.25) is 0 Å². The van der Waals surface area contributed by atoms with Gasteiger partial charge in [0.2, 0.25) is 0 Å². The Kier molecular flexibility index (Phi) is 12.5. The Bertz CT molecular complexity index is 1550. The molecule has 4 saturated heterocycles. The third kappa shape index (κ3) is 8.17. The summed E-state index contributed by atoms with van der Waals surface area (Å²) in [6.07, 6.45) is 14.4. The van der Waals surface area contributed by atoms with Gasteiger partial charge in [-0.05, 0) is 75.0 Å². The van der Waals surface area contributed by atoms with Gasteiger partial charge in [-0.25, -0.2) is 0 Å². The van der Waals surface area contributed by atoms with Crippen molar-refractivity contribution in [3.05, 3.63) is 47.1 Å². The largest absolute Gasteiger partial charge is 0.462 e. The van der Waals surface area contributed by atoms with Crippen LogP contribution in [0.15, 0.2) is 52.3 Å². The van der Waals surface area contributed by atoms with E-state index >= 15 is 0 Å². The monoisotopic (exact) mass is 769 g/mol. The maximum atomic E-state index is 14.4. The summed E-state index contributed by atoms with van der Waals surface area (Å²) in [5.74, 6) is -1.83. The van der Waals surface area contributed by atoms with E-state index in [4.69, 9.17) is 33.2 Å². The van der Waals surface area contributed by atoms with Crippen molar-refractivity contribution in [2.24, 2.45) is 28.8 Å². The minimum absolute atomic E-state index is 0.0359. The molecule has 0 radical (unpaired) electrons. The molecule has 0 aromatic rings. The van der Waals surface area contributed by atoms with E-state index in [1.54, 1.807) is 26.2 Å². The van der Waals surface area contributed by atoms with E-state index in [1.165, 1.54) is 19.3 Å². The number of rotatable bonds is 4. The Morgan fingerprint density at radius 1 is 1.02 bits per heavy atom. The number of ether oxygens (including phenoxy) is 7. The fourth-order valence-corrected chi connectivity index (χ4v) is 10.4. The smallest absolute Gasteiger partial charge is 0.316 e. The van der Waals surface area contributed by atoms with Crippen LogP contribution in [0.1, 0.15) is 105 Å². The van der Waals surface area contributed by atoms with Crippen LogP contribution in [0.5, 0.6) is 0 Å². The van der Waals surface area contributed by atoms with E-state index in [2.05, 4.69) is 32.0 Å². The molecule has 2 unspecified atom stereocenters. The number of nitrogens with zero attached hydrogens (tertiary/aromatic N) is 1. The second kappa shape index (κ2) is 16.8. The molecule has 0 aromatic heterocycles. The second-order valence-electron chi connectivity index (χ2n) is 17.4. The van der Waals surface area contributed by atoms with Gasteiger partial charge in [0.25, 0.3) is 0 Å². The topological polar surface area (TPSA) is 155 Å². The van der Waals surface area contributed by atoms with Gasteiger partial charge >= 0.3 is 5.97 Å². The van der Waals surface area contributed by atoms with Crippen molar-refractivity contribution in [2.45, 2.75) is 172 Å². The number of fused-ring (bicyclic) bond motifs is 2. The van der Waals surface area contributed by atoms with E-state index in [-0.39, 0.29) is 30.4 Å². The maximum Gasteiger partial charge on any atom is 0.316 e. The van der Waals surface area contributed by atoms with Gasteiger partial charge in [0, 0.05) is 38.7 Å². The lowest BCUT2D eigenvalue weighted by molar-refractivity contribution is -0.342. The molecule has 0 amide bonds. The van der Waals surface area contributed by atoms with Crippen LogP contribution in [0.4, 0.5) is 0 Å². The summed E-state index contributed by atoms with van der Waals surface area (Å²) < 4.78 is 45.1. The highest BCUT2D eigenvalue weighted by atomic mass is 16.7. The van der Waals surface area contributed by atoms with Gasteiger partial charge in [-0.2, -0.15) is 0 Å². The van der Waals surface area contributed by atoms with Crippen LogP contribution in [-0.2, 0) is 38.0 Å². The van der Waals surface area contributed by atoms with Crippen molar-refractivity contribution in [3.8, 4) is 0 Å². The summed E-state index contributed by atoms with van der Waals surface area (Å²) in [4.78, 5) is 14.4. The van der Waals surface area contributed by atoms with Gasteiger partial charge in [0.1, 0.15) is 35.5 Å². The van der Waals surface area contributed by atoms with Crippen LogP contribution < -0.4 is 0 Å². The number of aliphatic hydroxyl groups is 2. The molecule has 55 heavy (non-hydrogen) atoms. The Labute approximate surface area is 325 Å². The highest BCUT2D eigenvalue weighted by Gasteiger charge is 2.60. The molecular formula is C43H63NO11. The van der Waals surface area contributed by atoms with Crippen molar-refractivity contribution in [1.29, 1.82) is 0 Å². The highest BCUT2D eigenvalue weighted by molar-refractivity contribution is 6.06. The van der Waals surface area contributed by atoms with Crippen molar-refractivity contribution >= 4 is 11.7 Å². The second-order valence-corrected chi connectivity index (χ2v) is 17.4. The van der Waals surface area contributed by atoms with E-state index < -0.39 is 66.2 Å². The Balaban J connectivity index is 1.25. The van der Waals surface area contributed by atoms with Gasteiger partial charge in [0.15, 0.2) is 12.1 Å². The summed E-state index contributed by atoms with van der Waals surface area (Å²) in [5.41, 5.74) is 0.362. The number of esters is 1. The van der Waals surface area contributed by atoms with Gasteiger partial charge in [-0.15, -0.1) is 0 Å². The number of hydrogen-bond donors (Lipinski definition) is 3. The van der Waals surface area contributed by atoms with Gasteiger partial charge in [-0.3, -0.25) is 4.79 Å². The number of methoxy groups -OCH3 is 1. The molecule has 5 fully saturated rings. The number of hydrogen-bond acceptors (Lipinski definition) is 12. The van der Waals surface area contributed by atoms with Crippen LogP contribution in [0.25, 0.3) is 0 Å². The fourth-order valence-electron chi connectivity index (χ4n) is 10.4. The summed E-state index contributed by atoms with van der Waals surface area (Å²) in [6.45, 7) is 10.0. The number of carbonyl (C=O) groups excluding carboxylic acids is 1. The standard InChI is InChI=1S/C43H63NO11/c1-24-11-10-14-30-23-50-40-36(44-48)27(4)19-33(43(30,40)47)41(46)52-32-20-31(16-15-25(2)38(24)53-35-21-34(49-6)37(45)28(5)51-35)54-42(22-32)18-17-26(3)39(55-42)29-12-8-7-9-13-29/h10-11,14-15,19,24,26,28-29,31-35,37-40,45,47-48H,7-9,12-13,16-18,20-23H2,1-6H3/b11-10+,25-15+,30-14+,44-36+/t24-,26-,28-,31+,32-,33-,34-,35?,37?,38-,39-,40+,42+,43+/m0/s1. The molecule has 14 atom stereocenters. The third-order valence-corrected chi connectivity index (χ3v) is 13.6. The lowest BCUT2D eigenvalue weighted by atomic mass is 9.71. The minimum Gasteiger partial charge on any atom is -0.462 e. The summed E-state index contributed by atoms with van der Waals surface area (Å²) in [6, 6.07) is 0. The summed E-state index contributed by atoms with van der Waals surface area (Å²) in [7, 11) is 1.59. The predicted molar refractivity (Wildman–Crippen MR) is 203 cm³/mol. The first-order valence-corrected chi connectivity index (χ1v) is 20.7. The number of carbonyl (C=O) groups is 1. The van der Waals surface area contributed by atoms with Gasteiger partial charge in [-0.1, -0.05) is 68.6 Å². The van der Waals surface area contributed by atoms with Crippen LogP contribution >= 0.6 is 0 Å². The van der Waals surface area contributed by atoms with E-state index in [9.17, 15) is 20.2 Å². The maximum absolute atomic E-state index is 14.4. The fraction of sp³-hybridized carbons (Fsp3) is 0.767. The lowest BCUT2D eigenvalue weighted by Crippen LogP contribution is -2.57. The molecule has 12 heteroatoms. The molecule has 7 rings (SSSR count). The van der Waals surface area contributed by atoms with E-state index in [0.717, 1.165) is 24.8 Å². The number of allylic oxidation sites excluding steroid dienone is 2. The molecule has 7 aliphatic rings. The quantitative estimate of drug-likeness (QED) is 0.132. The third-order valence-electron chi connectivity index (χ3n) is 13.6. The average molecular weight is 770 g/mol. The summed E-state index contributed by atoms with van der Waals surface area (Å²) >= 11 is 0. The van der Waals surface area contributed by atoms with Crippen LogP contribution in [0, 0.1) is 23.7 Å². The van der Waals surface area contributed by atoms with Crippen molar-refractivity contribution < 1.29 is 53.4 Å². The minimum atomic E-state index is -1.83. The molecule has 1 saturated carbocycles. The summed E-state index contributed by atoms with van der Waals surface area (Å²) in [5, 5.41) is 36.7. The first kappa shape index (κ1) is 40.8. The normalized spacial score (nSPS) is 47.9. The molecular weight excluding hydrogens is 706 g/mol. The Morgan fingerprint density at radius 2 is 1.80 bits per heavy atom. The number of oxime groups is 1. The molecule has 12 nitrogen and oxygen atoms in total. The number of aliphatic hydroxyl groups excluding tert-OH is 1. The zero-order valence-electron chi connectivity index (χ0n) is 33.4. The molecule has 2 bridgehead atoms. The molecule has 5 heterocycles. The molecule has 5 aliphatic heterocycles. The predicted octanol–water partition coefficient (Wildman–Crippen LogP) is 6.07. The molecule has 3 N–H and O–H groups in total. The Morgan fingerprint density at radius 3 is 2.55 bits per heavy atom. The Hall–Kier alpha value is -2.42. The zero-order chi connectivity index (χ0) is 39.1. The van der Waals surface area contributed by atoms with Crippen molar-refractivity contribution in [3.63, 3.8) is 0 Å². The van der Waals surface area contributed by atoms with Crippen LogP contribution in [-0.4, -0.2) is 107 Å². The average Bonchev–Trinajstić information content (AvgIpc) is 3.50. The molecule has 306 valence electrons. The lowest BCUT2D eigenvalue weighted by Gasteiger charge is -2.51. The molecule has 1 spiro atoms. The first-order chi connectivity index (χ1) is 26.4. The van der Waals surface area contributed by atoms with Gasteiger partial charge in [0.05, 0.1) is 37.1 Å². The first-order valence-electron chi connectivity index (χ1n) is 20.7. The molecule has 0 aromatic carbocycles. The van der Waals surface area contributed by atoms with Crippen molar-refractivity contribution in [2.75, 3.05) is 13.7 Å². The SMILES string of the molecule is CO[C@H]1CC(O[C@@H]2/C(C)=C/C[C@@H]3C[C@@H](C[C@]4(CC[C@H](C)[C@@H](C5CCCCC5)O4)O3)OC(=O)[C@@H]3C=C(C)/C(=N\O)[C@H]4OC/C(=C\C=C\[C@@H]2C)[C@]43O)O[C@@H](C)C1O. The van der Waals surface area contributed by atoms with Gasteiger partial charge < -0.3 is 48.6 Å².